The molecular formula is C21H16F4N4O3S. The third-order valence-electron chi connectivity index (χ3n) is 5.04. The number of halogens is 4. The number of hydrogen-bond donors (Lipinski definition) is 1. The number of hydrogen-bond acceptors (Lipinski definition) is 5. The van der Waals surface area contributed by atoms with Crippen LogP contribution in [0, 0.1) is 5.82 Å². The van der Waals surface area contributed by atoms with Crippen molar-refractivity contribution in [3.63, 3.8) is 0 Å². The lowest BCUT2D eigenvalue weighted by atomic mass is 10.1. The number of anilines is 1. The van der Waals surface area contributed by atoms with E-state index in [4.69, 9.17) is 0 Å². The van der Waals surface area contributed by atoms with Gasteiger partial charge in [-0.2, -0.15) is 17.5 Å². The van der Waals surface area contributed by atoms with Crippen LogP contribution in [0.1, 0.15) is 27.2 Å². The van der Waals surface area contributed by atoms with Gasteiger partial charge in [0.1, 0.15) is 5.82 Å². The normalized spacial score (nSPS) is 14.5. The highest BCUT2D eigenvalue weighted by Gasteiger charge is 2.34. The molecule has 0 saturated carbocycles. The molecule has 1 aromatic heterocycles. The second-order valence-corrected chi connectivity index (χ2v) is 9.15. The van der Waals surface area contributed by atoms with E-state index in [9.17, 15) is 30.8 Å². The molecule has 0 atom stereocenters. The van der Waals surface area contributed by atoms with Gasteiger partial charge in [0.2, 0.25) is 16.0 Å². The Hall–Kier alpha value is -3.38. The molecule has 0 spiro atoms. The van der Waals surface area contributed by atoms with Gasteiger partial charge in [0.05, 0.1) is 21.7 Å². The van der Waals surface area contributed by atoms with Crippen molar-refractivity contribution < 1.29 is 30.8 Å². The maximum Gasteiger partial charge on any atom is 0.416 e. The summed E-state index contributed by atoms with van der Waals surface area (Å²) in [5.41, 5.74) is -0.318. The quantitative estimate of drug-likeness (QED) is 0.576. The van der Waals surface area contributed by atoms with Crippen molar-refractivity contribution >= 4 is 21.9 Å². The van der Waals surface area contributed by atoms with Gasteiger partial charge in [-0.15, -0.1) is 0 Å². The third-order valence-corrected chi connectivity index (χ3v) is 6.88. The zero-order chi connectivity index (χ0) is 23.8. The minimum absolute atomic E-state index is 0.0245. The standard InChI is InChI=1S/C21H16F4N4O3S/c22-17-7-2-1-6-16(17)19(30)28-20-26-11-13-12-29(9-8-18(13)27-20)33(31,32)15-5-3-4-14(10-15)21(23,24)25/h1-7,10-11H,8-9,12H2,(H,26,27,28,30). The van der Waals surface area contributed by atoms with Crippen molar-refractivity contribution in [3.8, 4) is 0 Å². The van der Waals surface area contributed by atoms with E-state index in [-0.39, 0.29) is 31.0 Å². The van der Waals surface area contributed by atoms with Gasteiger partial charge in [-0.1, -0.05) is 18.2 Å². The molecule has 12 heteroatoms. The zero-order valence-electron chi connectivity index (χ0n) is 16.8. The maximum absolute atomic E-state index is 13.8. The first-order valence-corrected chi connectivity index (χ1v) is 11.1. The number of nitrogens with zero attached hydrogens (tertiary/aromatic N) is 3. The van der Waals surface area contributed by atoms with Crippen LogP contribution in [0.15, 0.2) is 59.6 Å². The highest BCUT2D eigenvalue weighted by molar-refractivity contribution is 7.89. The third kappa shape index (κ3) is 4.71. The number of carbonyl (C=O) groups excluding carboxylic acids is 1. The first kappa shape index (κ1) is 22.8. The van der Waals surface area contributed by atoms with Gasteiger partial charge < -0.3 is 0 Å². The molecule has 2 heterocycles. The van der Waals surface area contributed by atoms with Crippen LogP contribution in [0.2, 0.25) is 0 Å². The number of aromatic nitrogens is 2. The second kappa shape index (κ2) is 8.52. The van der Waals surface area contributed by atoms with Crippen molar-refractivity contribution in [1.29, 1.82) is 0 Å². The lowest BCUT2D eigenvalue weighted by molar-refractivity contribution is -0.137. The zero-order valence-corrected chi connectivity index (χ0v) is 17.6. The molecule has 0 unspecified atom stereocenters. The van der Waals surface area contributed by atoms with Crippen LogP contribution in [-0.4, -0.2) is 35.1 Å². The Morgan fingerprint density at radius 2 is 1.85 bits per heavy atom. The molecule has 1 amide bonds. The minimum atomic E-state index is -4.67. The first-order chi connectivity index (χ1) is 15.6. The topological polar surface area (TPSA) is 92.3 Å². The van der Waals surface area contributed by atoms with Crippen molar-refractivity contribution in [2.45, 2.75) is 24.0 Å². The van der Waals surface area contributed by atoms with Crippen LogP contribution < -0.4 is 5.32 Å². The Balaban J connectivity index is 1.53. The van der Waals surface area contributed by atoms with Crippen LogP contribution in [0.3, 0.4) is 0 Å². The average Bonchev–Trinajstić information content (AvgIpc) is 2.78. The summed E-state index contributed by atoms with van der Waals surface area (Å²) in [6, 6.07) is 8.95. The maximum atomic E-state index is 13.8. The van der Waals surface area contributed by atoms with Crippen LogP contribution in [0.25, 0.3) is 0 Å². The molecule has 7 nitrogen and oxygen atoms in total. The van der Waals surface area contributed by atoms with E-state index in [1.807, 2.05) is 0 Å². The highest BCUT2D eigenvalue weighted by Crippen LogP contribution is 2.32. The lowest BCUT2D eigenvalue weighted by Gasteiger charge is -2.27. The average molecular weight is 480 g/mol. The van der Waals surface area contributed by atoms with Crippen LogP contribution in [-0.2, 0) is 29.2 Å². The summed E-state index contributed by atoms with van der Waals surface area (Å²) in [6.45, 7) is -0.168. The molecule has 1 aliphatic rings. The van der Waals surface area contributed by atoms with Crippen molar-refractivity contribution in [2.24, 2.45) is 0 Å². The molecule has 1 N–H and O–H groups in total. The molecule has 0 fully saturated rings. The Labute approximate surface area is 186 Å². The molecule has 1 aliphatic heterocycles. The van der Waals surface area contributed by atoms with E-state index in [0.717, 1.165) is 28.6 Å². The number of benzene rings is 2. The summed E-state index contributed by atoms with van der Waals surface area (Å²) >= 11 is 0. The van der Waals surface area contributed by atoms with Gasteiger partial charge >= 0.3 is 6.18 Å². The van der Waals surface area contributed by atoms with Gasteiger partial charge in [-0.3, -0.25) is 10.1 Å². The van der Waals surface area contributed by atoms with E-state index in [2.05, 4.69) is 15.3 Å². The number of fused-ring (bicyclic) bond motifs is 1. The van der Waals surface area contributed by atoms with Crippen LogP contribution in [0.4, 0.5) is 23.5 Å². The molecule has 0 bridgehead atoms. The Bertz CT molecular complexity index is 1330. The number of carbonyl (C=O) groups is 1. The number of alkyl halides is 3. The minimum Gasteiger partial charge on any atom is -0.290 e. The molecular weight excluding hydrogens is 464 g/mol. The molecule has 172 valence electrons. The Morgan fingerprint density at radius 3 is 2.58 bits per heavy atom. The summed E-state index contributed by atoms with van der Waals surface area (Å²) in [4.78, 5) is 20.0. The van der Waals surface area contributed by atoms with E-state index in [0.29, 0.717) is 17.3 Å². The Morgan fingerprint density at radius 1 is 1.09 bits per heavy atom. The molecule has 0 aliphatic carbocycles. The van der Waals surface area contributed by atoms with Gasteiger partial charge in [-0.05, 0) is 30.3 Å². The molecule has 3 aromatic rings. The predicted molar refractivity (Wildman–Crippen MR) is 109 cm³/mol. The van der Waals surface area contributed by atoms with Gasteiger partial charge in [0.15, 0.2) is 0 Å². The van der Waals surface area contributed by atoms with Crippen LogP contribution in [0.5, 0.6) is 0 Å². The molecule has 0 radical (unpaired) electrons. The summed E-state index contributed by atoms with van der Waals surface area (Å²) in [5.74, 6) is -1.52. The summed E-state index contributed by atoms with van der Waals surface area (Å²) < 4.78 is 79.6. The number of nitrogens with one attached hydrogen (secondary N) is 1. The fourth-order valence-corrected chi connectivity index (χ4v) is 4.82. The monoisotopic (exact) mass is 480 g/mol. The number of amides is 1. The summed E-state index contributed by atoms with van der Waals surface area (Å²) in [5, 5.41) is 2.40. The van der Waals surface area contributed by atoms with E-state index in [1.165, 1.54) is 24.4 Å². The van der Waals surface area contributed by atoms with Gasteiger partial charge in [0.25, 0.3) is 5.91 Å². The number of rotatable bonds is 4. The Kier molecular flexibility index (Phi) is 5.89. The van der Waals surface area contributed by atoms with Crippen molar-refractivity contribution in [2.75, 3.05) is 11.9 Å². The van der Waals surface area contributed by atoms with Crippen molar-refractivity contribution in [3.05, 3.63) is 82.9 Å². The molecule has 2 aromatic carbocycles. The molecule has 0 saturated heterocycles. The first-order valence-electron chi connectivity index (χ1n) is 9.64. The smallest absolute Gasteiger partial charge is 0.290 e. The molecule has 33 heavy (non-hydrogen) atoms. The van der Waals surface area contributed by atoms with Crippen LogP contribution >= 0.6 is 0 Å². The summed E-state index contributed by atoms with van der Waals surface area (Å²) in [6.07, 6.45) is -3.19. The fraction of sp³-hybridized carbons (Fsp3) is 0.190. The van der Waals surface area contributed by atoms with E-state index >= 15 is 0 Å². The largest absolute Gasteiger partial charge is 0.416 e. The van der Waals surface area contributed by atoms with E-state index < -0.39 is 38.4 Å². The van der Waals surface area contributed by atoms with Gasteiger partial charge in [0, 0.05) is 31.3 Å². The molecule has 4 rings (SSSR count). The number of sulfonamides is 1. The second-order valence-electron chi connectivity index (χ2n) is 7.21. The van der Waals surface area contributed by atoms with E-state index in [1.54, 1.807) is 0 Å². The van der Waals surface area contributed by atoms with Gasteiger partial charge in [-0.25, -0.2) is 22.8 Å². The lowest BCUT2D eigenvalue weighted by Crippen LogP contribution is -2.36. The summed E-state index contributed by atoms with van der Waals surface area (Å²) in [7, 11) is -4.19. The highest BCUT2D eigenvalue weighted by atomic mass is 32.2. The predicted octanol–water partition coefficient (Wildman–Crippen LogP) is 3.63. The fourth-order valence-electron chi connectivity index (χ4n) is 3.35. The van der Waals surface area contributed by atoms with Crippen molar-refractivity contribution in [1.82, 2.24) is 14.3 Å². The SMILES string of the molecule is O=C(Nc1ncc2c(n1)CCN(S(=O)(=O)c1cccc(C(F)(F)F)c1)C2)c1ccccc1F.